The molecule has 0 aliphatic heterocycles. The lowest BCUT2D eigenvalue weighted by Crippen LogP contribution is -2.18. The van der Waals surface area contributed by atoms with Crippen molar-refractivity contribution in [2.45, 2.75) is 32.8 Å². The second-order valence-electron chi connectivity index (χ2n) is 7.61. The van der Waals surface area contributed by atoms with Crippen LogP contribution in [0.3, 0.4) is 0 Å². The minimum Gasteiger partial charge on any atom is -0.487 e. The lowest BCUT2D eigenvalue weighted by atomic mass is 9.78. The van der Waals surface area contributed by atoms with Gasteiger partial charge in [-0.05, 0) is 42.3 Å². The van der Waals surface area contributed by atoms with Crippen molar-refractivity contribution < 1.29 is 4.74 Å². The summed E-state index contributed by atoms with van der Waals surface area (Å²) in [7, 11) is 0. The molecule has 4 aromatic rings. The molecule has 0 spiro atoms. The fourth-order valence-electron chi connectivity index (χ4n) is 3.25. The van der Waals surface area contributed by atoms with Crippen LogP contribution in [0.2, 0.25) is 0 Å². The highest BCUT2D eigenvalue weighted by Crippen LogP contribution is 2.32. The van der Waals surface area contributed by atoms with E-state index < -0.39 is 0 Å². The molecule has 0 amide bonds. The summed E-state index contributed by atoms with van der Waals surface area (Å²) in [4.78, 5) is 6.04. The first kappa shape index (κ1) is 18.9. The molecule has 0 aliphatic carbocycles. The van der Waals surface area contributed by atoms with E-state index in [-0.39, 0.29) is 5.41 Å². The molecule has 0 fully saturated rings. The molecule has 2 aromatic carbocycles. The first-order valence-electron chi connectivity index (χ1n) is 9.65. The van der Waals surface area contributed by atoms with E-state index in [9.17, 15) is 0 Å². The lowest BCUT2D eigenvalue weighted by molar-refractivity contribution is 0.301. The van der Waals surface area contributed by atoms with E-state index in [0.29, 0.717) is 12.4 Å². The number of aryl methyl sites for hydroxylation is 1. The highest BCUT2D eigenvalue weighted by atomic mass is 16.5. The van der Waals surface area contributed by atoms with Gasteiger partial charge in [0.25, 0.3) is 0 Å². The van der Waals surface area contributed by atoms with Crippen LogP contribution in [0.4, 0.5) is 0 Å². The van der Waals surface area contributed by atoms with Gasteiger partial charge in [-0.3, -0.25) is 0 Å². The Morgan fingerprint density at radius 2 is 1.45 bits per heavy atom. The monoisotopic (exact) mass is 384 g/mol. The number of aromatic nitrogens is 4. The van der Waals surface area contributed by atoms with Gasteiger partial charge >= 0.3 is 0 Å². The van der Waals surface area contributed by atoms with Crippen molar-refractivity contribution in [2.24, 2.45) is 0 Å². The van der Waals surface area contributed by atoms with Gasteiger partial charge in [-0.1, -0.05) is 61.9 Å². The van der Waals surface area contributed by atoms with E-state index in [2.05, 4.69) is 72.4 Å². The average molecular weight is 384 g/mol. The second-order valence-corrected chi connectivity index (χ2v) is 7.61. The number of rotatable bonds is 6. The number of hydrogen-bond donors (Lipinski definition) is 0. The van der Waals surface area contributed by atoms with Gasteiger partial charge in [0.15, 0.2) is 5.82 Å². The summed E-state index contributed by atoms with van der Waals surface area (Å²) in [6.07, 6.45) is 3.26. The minimum atomic E-state index is -0.0706. The fraction of sp³-hybridized carbons (Fsp3) is 0.208. The van der Waals surface area contributed by atoms with Crippen LogP contribution >= 0.6 is 0 Å². The Bertz CT molecular complexity index is 1070. The third-order valence-corrected chi connectivity index (χ3v) is 5.15. The van der Waals surface area contributed by atoms with E-state index in [0.717, 1.165) is 11.4 Å². The topological polar surface area (TPSA) is 52.8 Å². The molecule has 0 radical (unpaired) electrons. The molecule has 4 rings (SSSR count). The Hall–Kier alpha value is -3.47. The summed E-state index contributed by atoms with van der Waals surface area (Å²) >= 11 is 0. The molecule has 146 valence electrons. The van der Waals surface area contributed by atoms with Gasteiger partial charge in [0.1, 0.15) is 12.4 Å². The number of hydrogen-bond acceptors (Lipinski definition) is 4. The molecule has 2 aromatic heterocycles. The van der Waals surface area contributed by atoms with Crippen molar-refractivity contribution >= 4 is 0 Å². The maximum atomic E-state index is 5.94. The van der Waals surface area contributed by atoms with Gasteiger partial charge < -0.3 is 4.74 Å². The Morgan fingerprint density at radius 1 is 0.828 bits per heavy atom. The van der Waals surface area contributed by atoms with Crippen molar-refractivity contribution in [1.82, 2.24) is 20.0 Å². The zero-order valence-electron chi connectivity index (χ0n) is 16.9. The zero-order chi connectivity index (χ0) is 20.3. The minimum absolute atomic E-state index is 0.0706. The molecule has 0 unspecified atom stereocenters. The van der Waals surface area contributed by atoms with Crippen molar-refractivity contribution in [3.63, 3.8) is 0 Å². The van der Waals surface area contributed by atoms with E-state index in [1.807, 2.05) is 30.3 Å². The Balaban J connectivity index is 1.45. The largest absolute Gasteiger partial charge is 0.487 e. The smallest absolute Gasteiger partial charge is 0.174 e. The molecule has 0 saturated carbocycles. The average Bonchev–Trinajstić information content (AvgIpc) is 3.28. The van der Waals surface area contributed by atoms with Crippen LogP contribution in [0, 0.1) is 6.92 Å². The van der Waals surface area contributed by atoms with E-state index in [4.69, 9.17) is 4.74 Å². The van der Waals surface area contributed by atoms with Crippen LogP contribution in [0.15, 0.2) is 79.1 Å². The van der Waals surface area contributed by atoms with E-state index >= 15 is 0 Å². The van der Waals surface area contributed by atoms with E-state index in [1.165, 1.54) is 21.5 Å². The fourth-order valence-corrected chi connectivity index (χ4v) is 3.25. The molecule has 5 heteroatoms. The maximum Gasteiger partial charge on any atom is 0.174 e. The first-order chi connectivity index (χ1) is 14.0. The number of pyridine rings is 1. The molecule has 0 saturated heterocycles. The first-order valence-corrected chi connectivity index (χ1v) is 9.65. The van der Waals surface area contributed by atoms with Crippen molar-refractivity contribution in [3.8, 4) is 11.6 Å². The number of nitrogens with zero attached hydrogens (tertiary/aromatic N) is 4. The molecule has 29 heavy (non-hydrogen) atoms. The van der Waals surface area contributed by atoms with Gasteiger partial charge in [0.2, 0.25) is 0 Å². The number of ether oxygens (including phenoxy) is 1. The summed E-state index contributed by atoms with van der Waals surface area (Å²) in [5.74, 6) is 1.49. The van der Waals surface area contributed by atoms with Crippen LogP contribution in [-0.4, -0.2) is 20.0 Å². The summed E-state index contributed by atoms with van der Waals surface area (Å²) in [6, 6.07) is 22.8. The molecular formula is C24H24N4O. The highest BCUT2D eigenvalue weighted by molar-refractivity contribution is 5.40. The maximum absolute atomic E-state index is 5.94. The van der Waals surface area contributed by atoms with E-state index in [1.54, 1.807) is 12.4 Å². The van der Waals surface area contributed by atoms with Gasteiger partial charge in [-0.15, -0.1) is 4.80 Å². The van der Waals surface area contributed by atoms with Crippen LogP contribution < -0.4 is 4.74 Å². The lowest BCUT2D eigenvalue weighted by Gasteiger charge is -2.26. The van der Waals surface area contributed by atoms with Crippen LogP contribution in [0.5, 0.6) is 5.75 Å². The third-order valence-electron chi connectivity index (χ3n) is 5.15. The van der Waals surface area contributed by atoms with Crippen LogP contribution in [-0.2, 0) is 12.0 Å². The Labute approximate surface area is 171 Å². The predicted octanol–water partition coefficient (Wildman–Crippen LogP) is 4.88. The molecule has 0 atom stereocenters. The molecule has 0 aliphatic rings. The van der Waals surface area contributed by atoms with Crippen molar-refractivity contribution in [2.75, 3.05) is 0 Å². The van der Waals surface area contributed by atoms with Gasteiger partial charge in [0, 0.05) is 5.41 Å². The molecule has 2 heterocycles. The summed E-state index contributed by atoms with van der Waals surface area (Å²) < 4.78 is 5.94. The second kappa shape index (κ2) is 7.87. The zero-order valence-corrected chi connectivity index (χ0v) is 16.9. The molecule has 5 nitrogen and oxygen atoms in total. The normalized spacial score (nSPS) is 11.4. The SMILES string of the molecule is Cc1ccc(C(C)(C)c2ccc(OCc3cccc(-n4nccn4)n3)cc2)cc1. The molecular weight excluding hydrogens is 360 g/mol. The number of benzene rings is 2. The van der Waals surface area contributed by atoms with Gasteiger partial charge in [-0.2, -0.15) is 10.2 Å². The predicted molar refractivity (Wildman–Crippen MR) is 113 cm³/mol. The third kappa shape index (κ3) is 4.19. The Morgan fingerprint density at radius 3 is 2.10 bits per heavy atom. The van der Waals surface area contributed by atoms with Gasteiger partial charge in [-0.25, -0.2) is 4.98 Å². The standard InChI is InChI=1S/C24H24N4O/c1-18-7-9-19(10-8-18)24(2,3)20-11-13-22(14-12-20)29-17-21-5-4-6-23(27-21)28-25-15-16-26-28/h4-16H,17H2,1-3H3. The molecule has 0 N–H and O–H groups in total. The van der Waals surface area contributed by atoms with Crippen molar-refractivity contribution in [1.29, 1.82) is 0 Å². The summed E-state index contributed by atoms with van der Waals surface area (Å²) in [6.45, 7) is 6.98. The summed E-state index contributed by atoms with van der Waals surface area (Å²) in [5.41, 5.74) is 4.57. The Kier molecular flexibility index (Phi) is 5.12. The summed E-state index contributed by atoms with van der Waals surface area (Å²) in [5, 5.41) is 8.22. The highest BCUT2D eigenvalue weighted by Gasteiger charge is 2.22. The van der Waals surface area contributed by atoms with Crippen molar-refractivity contribution in [3.05, 3.63) is 102 Å². The van der Waals surface area contributed by atoms with Crippen LogP contribution in [0.1, 0.15) is 36.2 Å². The van der Waals surface area contributed by atoms with Gasteiger partial charge in [0.05, 0.1) is 18.1 Å². The molecule has 0 bridgehead atoms. The van der Waals surface area contributed by atoms with Crippen LogP contribution in [0.25, 0.3) is 5.82 Å². The quantitative estimate of drug-likeness (QED) is 0.476.